The van der Waals surface area contributed by atoms with E-state index < -0.39 is 0 Å². The lowest BCUT2D eigenvalue weighted by Gasteiger charge is -2.26. The molecule has 0 amide bonds. The van der Waals surface area contributed by atoms with Crippen LogP contribution in [0.1, 0.15) is 22.3 Å². The van der Waals surface area contributed by atoms with E-state index >= 15 is 0 Å². The van der Waals surface area contributed by atoms with Crippen LogP contribution >= 0.6 is 0 Å². The molecule has 44 heavy (non-hydrogen) atoms. The molecule has 214 valence electrons. The minimum Gasteiger partial charge on any atom is -0.310 e. The van der Waals surface area contributed by atoms with Crippen LogP contribution in [0.25, 0.3) is 23.3 Å². The lowest BCUT2D eigenvalue weighted by molar-refractivity contribution is 1.27. The third-order valence-corrected chi connectivity index (χ3v) is 7.88. The van der Waals surface area contributed by atoms with Gasteiger partial charge in [-0.1, -0.05) is 98.1 Å². The molecule has 0 bridgehead atoms. The molecule has 2 heteroatoms. The SMILES string of the molecule is C=Cc1ccc(N(c2ccc(-c3ccc(N(c4ccc(C=C)cc4)c4cccc(C)c4)cc3)cc2)c2cccc(C)c2)cc1. The highest BCUT2D eigenvalue weighted by atomic mass is 15.1. The molecule has 6 rings (SSSR count). The van der Waals surface area contributed by atoms with Gasteiger partial charge >= 0.3 is 0 Å². The Hall–Kier alpha value is -5.60. The van der Waals surface area contributed by atoms with E-state index in [1.807, 2.05) is 12.2 Å². The first-order valence-corrected chi connectivity index (χ1v) is 14.9. The number of benzene rings is 6. The van der Waals surface area contributed by atoms with Crippen molar-refractivity contribution >= 4 is 46.3 Å². The maximum absolute atomic E-state index is 3.91. The van der Waals surface area contributed by atoms with Gasteiger partial charge in [0.2, 0.25) is 0 Å². The quantitative estimate of drug-likeness (QED) is 0.171. The van der Waals surface area contributed by atoms with E-state index in [4.69, 9.17) is 0 Å². The molecule has 0 spiro atoms. The highest BCUT2D eigenvalue weighted by molar-refractivity contribution is 5.81. The predicted octanol–water partition coefficient (Wildman–Crippen LogP) is 12.2. The van der Waals surface area contributed by atoms with Crippen molar-refractivity contribution in [1.82, 2.24) is 0 Å². The maximum Gasteiger partial charge on any atom is 0.0464 e. The third kappa shape index (κ3) is 6.11. The van der Waals surface area contributed by atoms with E-state index in [0.717, 1.165) is 45.3 Å². The molecule has 2 nitrogen and oxygen atoms in total. The van der Waals surface area contributed by atoms with Gasteiger partial charge in [-0.2, -0.15) is 0 Å². The molecule has 0 unspecified atom stereocenters. The Morgan fingerprint density at radius 2 is 0.705 bits per heavy atom. The van der Waals surface area contributed by atoms with Gasteiger partial charge in [0.1, 0.15) is 0 Å². The van der Waals surface area contributed by atoms with Gasteiger partial charge in [-0.3, -0.25) is 0 Å². The molecule has 0 atom stereocenters. The molecule has 0 saturated heterocycles. The first kappa shape index (κ1) is 28.5. The second kappa shape index (κ2) is 12.7. The Bertz CT molecular complexity index is 1740. The van der Waals surface area contributed by atoms with Gasteiger partial charge in [-0.05, 0) is 120 Å². The molecule has 0 radical (unpaired) electrons. The highest BCUT2D eigenvalue weighted by Crippen LogP contribution is 2.38. The summed E-state index contributed by atoms with van der Waals surface area (Å²) in [7, 11) is 0. The predicted molar refractivity (Wildman–Crippen MR) is 191 cm³/mol. The highest BCUT2D eigenvalue weighted by Gasteiger charge is 2.15. The average Bonchev–Trinajstić information content (AvgIpc) is 3.06. The van der Waals surface area contributed by atoms with Crippen LogP contribution in [0.2, 0.25) is 0 Å². The zero-order chi connectivity index (χ0) is 30.5. The molecule has 0 aliphatic rings. The zero-order valence-corrected chi connectivity index (χ0v) is 25.3. The van der Waals surface area contributed by atoms with Crippen molar-refractivity contribution in [2.24, 2.45) is 0 Å². The fourth-order valence-corrected chi connectivity index (χ4v) is 5.55. The Balaban J connectivity index is 1.32. The smallest absolute Gasteiger partial charge is 0.0464 e. The molecule has 0 aromatic heterocycles. The van der Waals surface area contributed by atoms with Crippen LogP contribution in [-0.4, -0.2) is 0 Å². The summed E-state index contributed by atoms with van der Waals surface area (Å²) in [5.41, 5.74) is 13.7. The Kier molecular flexibility index (Phi) is 8.25. The van der Waals surface area contributed by atoms with Crippen LogP contribution < -0.4 is 9.80 Å². The fraction of sp³-hybridized carbons (Fsp3) is 0.0476. The maximum atomic E-state index is 3.91. The standard InChI is InChI=1S/C42H36N2/c1-5-33-13-21-37(22-14-33)43(41-11-7-9-31(3)29-41)39-25-17-35(18-26-39)36-19-27-40(28-20-36)44(42-12-8-10-32(4)30-42)38-23-15-34(6-2)16-24-38/h5-30H,1-2H2,3-4H3. The molecule has 0 saturated carbocycles. The Morgan fingerprint density at radius 1 is 0.386 bits per heavy atom. The van der Waals surface area contributed by atoms with Crippen LogP contribution in [0.15, 0.2) is 159 Å². The number of hydrogen-bond acceptors (Lipinski definition) is 2. The zero-order valence-electron chi connectivity index (χ0n) is 25.3. The van der Waals surface area contributed by atoms with Crippen molar-refractivity contribution in [3.8, 4) is 11.1 Å². The molecule has 6 aromatic carbocycles. The molecule has 6 aromatic rings. The van der Waals surface area contributed by atoms with Crippen molar-refractivity contribution in [3.63, 3.8) is 0 Å². The summed E-state index contributed by atoms with van der Waals surface area (Å²) in [6, 6.07) is 51.9. The lowest BCUT2D eigenvalue weighted by atomic mass is 10.0. The van der Waals surface area contributed by atoms with Crippen molar-refractivity contribution in [3.05, 3.63) is 181 Å². The molecule has 0 N–H and O–H groups in total. The Morgan fingerprint density at radius 3 is 1.00 bits per heavy atom. The number of hydrogen-bond donors (Lipinski definition) is 0. The first-order chi connectivity index (χ1) is 21.5. The summed E-state index contributed by atoms with van der Waals surface area (Å²) in [5, 5.41) is 0. The summed E-state index contributed by atoms with van der Waals surface area (Å²) >= 11 is 0. The minimum absolute atomic E-state index is 1.10. The summed E-state index contributed by atoms with van der Waals surface area (Å²) in [6.07, 6.45) is 3.75. The monoisotopic (exact) mass is 568 g/mol. The van der Waals surface area contributed by atoms with Gasteiger partial charge in [-0.25, -0.2) is 0 Å². The summed E-state index contributed by atoms with van der Waals surface area (Å²) < 4.78 is 0. The molecule has 0 fully saturated rings. The van der Waals surface area contributed by atoms with Gasteiger partial charge in [0.25, 0.3) is 0 Å². The van der Waals surface area contributed by atoms with E-state index in [1.165, 1.54) is 22.3 Å². The fourth-order valence-electron chi connectivity index (χ4n) is 5.55. The Labute approximate surface area is 261 Å². The van der Waals surface area contributed by atoms with Crippen molar-refractivity contribution in [2.45, 2.75) is 13.8 Å². The van der Waals surface area contributed by atoms with Crippen LogP contribution in [0.5, 0.6) is 0 Å². The normalized spacial score (nSPS) is 10.7. The van der Waals surface area contributed by atoms with Gasteiger partial charge in [0.15, 0.2) is 0 Å². The lowest BCUT2D eigenvalue weighted by Crippen LogP contribution is -2.10. The molecular weight excluding hydrogens is 532 g/mol. The largest absolute Gasteiger partial charge is 0.310 e. The van der Waals surface area contributed by atoms with Gasteiger partial charge < -0.3 is 9.80 Å². The van der Waals surface area contributed by atoms with Crippen LogP contribution in [-0.2, 0) is 0 Å². The van der Waals surface area contributed by atoms with Gasteiger partial charge in [0.05, 0.1) is 0 Å². The van der Waals surface area contributed by atoms with E-state index in [0.29, 0.717) is 0 Å². The van der Waals surface area contributed by atoms with Crippen LogP contribution in [0.3, 0.4) is 0 Å². The van der Waals surface area contributed by atoms with Crippen LogP contribution in [0, 0.1) is 13.8 Å². The summed E-state index contributed by atoms with van der Waals surface area (Å²) in [4.78, 5) is 4.59. The summed E-state index contributed by atoms with van der Waals surface area (Å²) in [6.45, 7) is 12.1. The van der Waals surface area contributed by atoms with E-state index in [9.17, 15) is 0 Å². The minimum atomic E-state index is 1.10. The average molecular weight is 569 g/mol. The van der Waals surface area contributed by atoms with Crippen molar-refractivity contribution in [2.75, 3.05) is 9.80 Å². The number of rotatable bonds is 9. The van der Waals surface area contributed by atoms with E-state index in [1.54, 1.807) is 0 Å². The van der Waals surface area contributed by atoms with E-state index in [-0.39, 0.29) is 0 Å². The number of aryl methyl sites for hydroxylation is 2. The van der Waals surface area contributed by atoms with Crippen molar-refractivity contribution < 1.29 is 0 Å². The molecular formula is C42H36N2. The van der Waals surface area contributed by atoms with Crippen LogP contribution in [0.4, 0.5) is 34.1 Å². The molecule has 0 aliphatic carbocycles. The van der Waals surface area contributed by atoms with Gasteiger partial charge in [0, 0.05) is 34.1 Å². The molecule has 0 aliphatic heterocycles. The topological polar surface area (TPSA) is 6.48 Å². The van der Waals surface area contributed by atoms with E-state index in [2.05, 4.69) is 182 Å². The molecule has 0 heterocycles. The number of anilines is 6. The second-order valence-electron chi connectivity index (χ2n) is 11.0. The first-order valence-electron chi connectivity index (χ1n) is 14.9. The number of nitrogens with zero attached hydrogens (tertiary/aromatic N) is 2. The van der Waals surface area contributed by atoms with Crippen molar-refractivity contribution in [1.29, 1.82) is 0 Å². The second-order valence-corrected chi connectivity index (χ2v) is 11.0. The summed E-state index contributed by atoms with van der Waals surface area (Å²) in [5.74, 6) is 0. The van der Waals surface area contributed by atoms with Gasteiger partial charge in [-0.15, -0.1) is 0 Å². The third-order valence-electron chi connectivity index (χ3n) is 7.88.